The Morgan fingerprint density at radius 1 is 1.05 bits per heavy atom. The fraction of sp³-hybridized carbons (Fsp3) is 0.367. The van der Waals surface area contributed by atoms with Gasteiger partial charge in [-0.15, -0.1) is 0 Å². The van der Waals surface area contributed by atoms with E-state index in [1.165, 1.54) is 12.7 Å². The first kappa shape index (κ1) is 27.2. The second-order valence-corrected chi connectivity index (χ2v) is 11.2. The topological polar surface area (TPSA) is 112 Å². The van der Waals surface area contributed by atoms with Gasteiger partial charge in [0.2, 0.25) is 0 Å². The van der Waals surface area contributed by atoms with Crippen molar-refractivity contribution in [2.75, 3.05) is 32.1 Å². The summed E-state index contributed by atoms with van der Waals surface area (Å²) in [5.41, 5.74) is 2.70. The highest BCUT2D eigenvalue weighted by molar-refractivity contribution is 5.96. The summed E-state index contributed by atoms with van der Waals surface area (Å²) in [6.45, 7) is 2.47. The molecule has 0 unspecified atom stereocenters. The molecule has 5 aromatic rings. The van der Waals surface area contributed by atoms with Gasteiger partial charge in [-0.25, -0.2) is 33.2 Å². The Labute approximate surface area is 245 Å². The third-order valence-corrected chi connectivity index (χ3v) is 7.66. The zero-order chi connectivity index (χ0) is 29.6. The lowest BCUT2D eigenvalue weighted by Gasteiger charge is -2.36. The summed E-state index contributed by atoms with van der Waals surface area (Å²) >= 11 is 0. The Morgan fingerprint density at radius 2 is 1.93 bits per heavy atom. The SMILES string of the molecule is Cc1cc(Nc2ncnc3cnc(OCC4CC4)c(O[C@@H]4CCN(C)CC4(F)F)c23)ccc1Oc1ccn2ncnc2c1. The first-order valence-corrected chi connectivity index (χ1v) is 14.2. The molecule has 0 radical (unpaired) electrons. The lowest BCUT2D eigenvalue weighted by molar-refractivity contribution is -0.135. The zero-order valence-electron chi connectivity index (χ0n) is 23.7. The van der Waals surface area contributed by atoms with Crippen LogP contribution < -0.4 is 19.5 Å². The molecule has 0 bridgehead atoms. The number of hydrogen-bond acceptors (Lipinski definition) is 10. The van der Waals surface area contributed by atoms with Gasteiger partial charge < -0.3 is 24.4 Å². The van der Waals surface area contributed by atoms with Crippen LogP contribution in [0.25, 0.3) is 16.6 Å². The maximum Gasteiger partial charge on any atom is 0.296 e. The maximum atomic E-state index is 15.1. The Kier molecular flexibility index (Phi) is 6.88. The maximum absolute atomic E-state index is 15.1. The molecule has 43 heavy (non-hydrogen) atoms. The van der Waals surface area contributed by atoms with E-state index in [0.29, 0.717) is 58.6 Å². The van der Waals surface area contributed by atoms with Crippen LogP contribution in [0.5, 0.6) is 23.1 Å². The van der Waals surface area contributed by atoms with Gasteiger partial charge in [-0.3, -0.25) is 0 Å². The van der Waals surface area contributed by atoms with Crippen molar-refractivity contribution in [3.05, 3.63) is 60.9 Å². The van der Waals surface area contributed by atoms with Crippen LogP contribution in [-0.2, 0) is 0 Å². The van der Waals surface area contributed by atoms with Gasteiger partial charge in [-0.1, -0.05) is 0 Å². The molecule has 1 aliphatic heterocycles. The Morgan fingerprint density at radius 3 is 2.74 bits per heavy atom. The quantitative estimate of drug-likeness (QED) is 0.240. The van der Waals surface area contributed by atoms with E-state index in [-0.39, 0.29) is 18.1 Å². The van der Waals surface area contributed by atoms with Crippen LogP contribution in [0.1, 0.15) is 24.8 Å². The lowest BCUT2D eigenvalue weighted by Crippen LogP contribution is -2.52. The molecule has 2 aliphatic rings. The van der Waals surface area contributed by atoms with E-state index in [2.05, 4.69) is 30.4 Å². The lowest BCUT2D eigenvalue weighted by atomic mass is 10.0. The van der Waals surface area contributed by atoms with Crippen molar-refractivity contribution in [1.29, 1.82) is 0 Å². The van der Waals surface area contributed by atoms with Crippen LogP contribution >= 0.6 is 0 Å². The number of aromatic nitrogens is 6. The van der Waals surface area contributed by atoms with E-state index in [9.17, 15) is 0 Å². The van der Waals surface area contributed by atoms with Gasteiger partial charge in [0.1, 0.15) is 30.0 Å². The van der Waals surface area contributed by atoms with Gasteiger partial charge >= 0.3 is 0 Å². The Hall–Kier alpha value is -4.65. The second-order valence-electron chi connectivity index (χ2n) is 11.2. The fourth-order valence-electron chi connectivity index (χ4n) is 5.14. The van der Waals surface area contributed by atoms with E-state index in [1.54, 1.807) is 34.9 Å². The molecule has 13 heteroatoms. The number of alkyl halides is 2. The number of benzene rings is 1. The van der Waals surface area contributed by atoms with Gasteiger partial charge in [-0.2, -0.15) is 5.10 Å². The molecule has 1 N–H and O–H groups in total. The van der Waals surface area contributed by atoms with Crippen molar-refractivity contribution < 1.29 is 23.0 Å². The molecule has 7 rings (SSSR count). The molecule has 0 amide bonds. The van der Waals surface area contributed by atoms with E-state index in [0.717, 1.165) is 18.4 Å². The second kappa shape index (κ2) is 10.9. The molecule has 222 valence electrons. The predicted octanol–water partition coefficient (Wildman–Crippen LogP) is 5.42. The van der Waals surface area contributed by atoms with Crippen molar-refractivity contribution in [3.8, 4) is 23.1 Å². The smallest absolute Gasteiger partial charge is 0.296 e. The van der Waals surface area contributed by atoms with E-state index < -0.39 is 18.6 Å². The summed E-state index contributed by atoms with van der Waals surface area (Å²) < 4.78 is 50.1. The minimum absolute atomic E-state index is 0.121. The summed E-state index contributed by atoms with van der Waals surface area (Å²) in [4.78, 5) is 19.0. The Bertz CT molecular complexity index is 1790. The van der Waals surface area contributed by atoms with Gasteiger partial charge in [0.15, 0.2) is 17.5 Å². The predicted molar refractivity (Wildman–Crippen MR) is 155 cm³/mol. The minimum Gasteiger partial charge on any atom is -0.478 e. The highest BCUT2D eigenvalue weighted by atomic mass is 19.3. The van der Waals surface area contributed by atoms with Crippen molar-refractivity contribution in [1.82, 2.24) is 34.4 Å². The summed E-state index contributed by atoms with van der Waals surface area (Å²) in [7, 11) is 1.68. The average Bonchev–Trinajstić information content (AvgIpc) is 3.69. The summed E-state index contributed by atoms with van der Waals surface area (Å²) in [5, 5.41) is 7.85. The zero-order valence-corrected chi connectivity index (χ0v) is 23.7. The molecule has 1 atom stereocenters. The summed E-state index contributed by atoms with van der Waals surface area (Å²) in [6.07, 6.45) is 7.17. The number of nitrogens with zero attached hydrogens (tertiary/aromatic N) is 7. The van der Waals surface area contributed by atoms with Crippen LogP contribution in [0.2, 0.25) is 0 Å². The van der Waals surface area contributed by atoms with Crippen LogP contribution in [0, 0.1) is 12.8 Å². The third-order valence-electron chi connectivity index (χ3n) is 7.66. The molecule has 1 saturated heterocycles. The molecule has 4 aromatic heterocycles. The number of fused-ring (bicyclic) bond motifs is 2. The molecule has 5 heterocycles. The number of pyridine rings is 2. The number of nitrogens with one attached hydrogen (secondary N) is 1. The summed E-state index contributed by atoms with van der Waals surface area (Å²) in [5.74, 6) is -0.660. The molecule has 1 aliphatic carbocycles. The number of halogens is 2. The number of ether oxygens (including phenoxy) is 3. The number of anilines is 2. The van der Waals surface area contributed by atoms with E-state index in [1.807, 2.05) is 31.2 Å². The van der Waals surface area contributed by atoms with Gasteiger partial charge in [0.25, 0.3) is 11.8 Å². The summed E-state index contributed by atoms with van der Waals surface area (Å²) in [6, 6.07) is 9.22. The van der Waals surface area contributed by atoms with E-state index >= 15 is 8.78 Å². The molecular weight excluding hydrogens is 558 g/mol. The van der Waals surface area contributed by atoms with Gasteiger partial charge in [0, 0.05) is 30.9 Å². The molecule has 2 fully saturated rings. The number of rotatable bonds is 9. The van der Waals surface area contributed by atoms with Crippen LogP contribution in [0.3, 0.4) is 0 Å². The van der Waals surface area contributed by atoms with Gasteiger partial charge in [-0.05, 0) is 62.6 Å². The Balaban J connectivity index is 1.20. The molecule has 1 aromatic carbocycles. The average molecular weight is 589 g/mol. The van der Waals surface area contributed by atoms with Crippen LogP contribution in [0.15, 0.2) is 55.4 Å². The minimum atomic E-state index is -3.06. The monoisotopic (exact) mass is 588 g/mol. The van der Waals surface area contributed by atoms with Crippen molar-refractivity contribution >= 4 is 28.1 Å². The largest absolute Gasteiger partial charge is 0.478 e. The first-order valence-electron chi connectivity index (χ1n) is 14.2. The van der Waals surface area contributed by atoms with Gasteiger partial charge in [0.05, 0.1) is 30.3 Å². The highest BCUT2D eigenvalue weighted by Gasteiger charge is 2.46. The fourth-order valence-corrected chi connectivity index (χ4v) is 5.14. The number of hydrogen-bond donors (Lipinski definition) is 1. The van der Waals surface area contributed by atoms with Crippen molar-refractivity contribution in [3.63, 3.8) is 0 Å². The van der Waals surface area contributed by atoms with Crippen molar-refractivity contribution in [2.24, 2.45) is 5.92 Å². The standard InChI is InChI=1S/C30H30F2N8O3/c1-18-11-20(5-6-23(18)42-21-7-10-40-25(12-21)35-17-37-40)38-28-26-22(34-16-36-28)13-33-29(41-14-19-3-4-19)27(26)43-24-8-9-39(2)15-30(24,31)32/h5-7,10-13,16-17,19,24H,3-4,8-9,14-15H2,1-2H3,(H,34,36,38)/t24-/m1/s1. The molecular formula is C30H30F2N8O3. The van der Waals surface area contributed by atoms with E-state index in [4.69, 9.17) is 14.2 Å². The van der Waals surface area contributed by atoms with Crippen LogP contribution in [-0.4, -0.2) is 73.2 Å². The first-order chi connectivity index (χ1) is 20.8. The normalized spacial score (nSPS) is 18.6. The highest BCUT2D eigenvalue weighted by Crippen LogP contribution is 2.42. The number of piperidine rings is 1. The number of aryl methyl sites for hydroxylation is 1. The molecule has 0 spiro atoms. The molecule has 1 saturated carbocycles. The number of likely N-dealkylation sites (tertiary alicyclic amines) is 1. The third kappa shape index (κ3) is 5.72. The van der Waals surface area contributed by atoms with Crippen LogP contribution in [0.4, 0.5) is 20.3 Å². The van der Waals surface area contributed by atoms with Crippen molar-refractivity contribution in [2.45, 2.75) is 38.2 Å². The molecule has 11 nitrogen and oxygen atoms in total.